The van der Waals surface area contributed by atoms with Crippen LogP contribution in [0.5, 0.6) is 5.75 Å². The van der Waals surface area contributed by atoms with Gasteiger partial charge in [-0.1, -0.05) is 44.6 Å². The van der Waals surface area contributed by atoms with Gasteiger partial charge >= 0.3 is 12.0 Å². The number of amides is 5. The highest BCUT2D eigenvalue weighted by Crippen LogP contribution is 2.44. The summed E-state index contributed by atoms with van der Waals surface area (Å²) in [7, 11) is 1.51. The van der Waals surface area contributed by atoms with E-state index in [-0.39, 0.29) is 30.7 Å². The maximum atomic E-state index is 14.9. The van der Waals surface area contributed by atoms with Gasteiger partial charge < -0.3 is 18.8 Å². The smallest absolute Gasteiger partial charge is 0.337 e. The van der Waals surface area contributed by atoms with Crippen molar-refractivity contribution in [3.05, 3.63) is 59.6 Å². The van der Waals surface area contributed by atoms with Crippen LogP contribution in [0.2, 0.25) is 0 Å². The molecule has 2 aliphatic carbocycles. The number of ether oxygens (including phenoxy) is 2. The van der Waals surface area contributed by atoms with Crippen LogP contribution in [0.25, 0.3) is 11.0 Å². The van der Waals surface area contributed by atoms with Crippen molar-refractivity contribution < 1.29 is 37.9 Å². The fraction of sp³-hybridized carbons (Fsp3) is 0.486. The monoisotopic (exact) mass is 642 g/mol. The number of rotatable bonds is 8. The highest BCUT2D eigenvalue weighted by Gasteiger charge is 2.65. The van der Waals surface area contributed by atoms with E-state index in [1.54, 1.807) is 42.7 Å². The molecular weight excluding hydrogens is 604 g/mol. The summed E-state index contributed by atoms with van der Waals surface area (Å²) in [6.45, 7) is -0.853. The zero-order valence-corrected chi connectivity index (χ0v) is 26.4. The second kappa shape index (κ2) is 12.5. The van der Waals surface area contributed by atoms with Crippen molar-refractivity contribution in [2.24, 2.45) is 11.8 Å². The quantitative estimate of drug-likeness (QED) is 0.241. The van der Waals surface area contributed by atoms with E-state index in [1.165, 1.54) is 12.0 Å². The van der Waals surface area contributed by atoms with Gasteiger partial charge in [0, 0.05) is 35.8 Å². The van der Waals surface area contributed by atoms with Crippen molar-refractivity contribution in [1.29, 1.82) is 0 Å². The number of nitrogens with zero attached hydrogens (tertiary/aromatic N) is 4. The number of benzene rings is 1. The Hall–Kier alpha value is -4.74. The fourth-order valence-corrected chi connectivity index (χ4v) is 7.59. The van der Waals surface area contributed by atoms with Gasteiger partial charge in [0.25, 0.3) is 11.8 Å². The molecule has 12 heteroatoms. The van der Waals surface area contributed by atoms with Crippen LogP contribution in [0, 0.1) is 11.8 Å². The first-order chi connectivity index (χ1) is 22.8. The minimum atomic E-state index is -2.05. The number of carbonyl (C=O) groups is 5. The molecule has 3 aromatic rings. The molecule has 5 amide bonds. The molecule has 0 spiro atoms. The Bertz CT molecular complexity index is 1710. The number of methoxy groups -OCH3 is 1. The Kier molecular flexibility index (Phi) is 8.19. The molecule has 0 bridgehead atoms. The molecule has 2 aromatic heterocycles. The third-order valence-electron chi connectivity index (χ3n) is 10.2. The molecule has 4 aliphatic rings. The second-order valence-electron chi connectivity index (χ2n) is 13.0. The van der Waals surface area contributed by atoms with Gasteiger partial charge in [0.15, 0.2) is 6.73 Å². The van der Waals surface area contributed by atoms with Gasteiger partial charge in [-0.2, -0.15) is 0 Å². The van der Waals surface area contributed by atoms with Crippen molar-refractivity contribution in [1.82, 2.24) is 19.7 Å². The number of esters is 1. The molecular formula is C35H38N4O8. The number of furan rings is 1. The topological polar surface area (TPSA) is 140 Å². The van der Waals surface area contributed by atoms with E-state index in [0.29, 0.717) is 48.0 Å². The van der Waals surface area contributed by atoms with Gasteiger partial charge in [-0.25, -0.2) is 14.6 Å². The first-order valence-electron chi connectivity index (χ1n) is 16.5. The highest BCUT2D eigenvalue weighted by atomic mass is 16.5. The van der Waals surface area contributed by atoms with Crippen molar-refractivity contribution in [2.75, 3.05) is 20.4 Å². The molecule has 47 heavy (non-hydrogen) atoms. The number of fused-ring (bicyclic) bond motifs is 2. The summed E-state index contributed by atoms with van der Waals surface area (Å²) in [4.78, 5) is 78.1. The lowest BCUT2D eigenvalue weighted by Crippen LogP contribution is -2.57. The Morgan fingerprint density at radius 2 is 1.68 bits per heavy atom. The number of pyridine rings is 1. The Labute approximate surface area is 272 Å². The van der Waals surface area contributed by atoms with Crippen LogP contribution < -0.4 is 4.74 Å². The largest absolute Gasteiger partial charge is 0.497 e. The van der Waals surface area contributed by atoms with Gasteiger partial charge in [0.1, 0.15) is 17.1 Å². The first kappa shape index (κ1) is 30.9. The third kappa shape index (κ3) is 5.33. The summed E-state index contributed by atoms with van der Waals surface area (Å²) in [5, 5.41) is 0.565. The zero-order valence-electron chi connectivity index (χ0n) is 26.4. The molecule has 246 valence electrons. The molecule has 0 unspecified atom stereocenters. The molecule has 12 nitrogen and oxygen atoms in total. The number of aromatic nitrogens is 1. The number of hydrogen-bond donors (Lipinski definition) is 0. The lowest BCUT2D eigenvalue weighted by molar-refractivity contribution is -0.156. The molecule has 0 radical (unpaired) electrons. The summed E-state index contributed by atoms with van der Waals surface area (Å²) in [6, 6.07) is 7.52. The minimum Gasteiger partial charge on any atom is -0.497 e. The summed E-state index contributed by atoms with van der Waals surface area (Å²) in [6.07, 6.45) is 11.1. The van der Waals surface area contributed by atoms with Gasteiger partial charge in [0.2, 0.25) is 11.4 Å². The molecule has 7 rings (SSSR count). The Balaban J connectivity index is 1.31. The predicted octanol–water partition coefficient (Wildman–Crippen LogP) is 5.14. The maximum absolute atomic E-state index is 14.9. The van der Waals surface area contributed by atoms with Crippen molar-refractivity contribution in [3.63, 3.8) is 0 Å². The number of hydrogen-bond acceptors (Lipinski definition) is 9. The van der Waals surface area contributed by atoms with E-state index in [4.69, 9.17) is 13.9 Å². The molecule has 1 atom stereocenters. The summed E-state index contributed by atoms with van der Waals surface area (Å²) in [5.41, 5.74) is -0.514. The zero-order chi connectivity index (χ0) is 32.7. The lowest BCUT2D eigenvalue weighted by Gasteiger charge is -2.37. The van der Waals surface area contributed by atoms with Crippen LogP contribution in [0.4, 0.5) is 4.79 Å². The van der Waals surface area contributed by atoms with Crippen LogP contribution in [0.3, 0.4) is 0 Å². The fourth-order valence-electron chi connectivity index (χ4n) is 7.59. The predicted molar refractivity (Wildman–Crippen MR) is 167 cm³/mol. The van der Waals surface area contributed by atoms with Crippen LogP contribution in [0.1, 0.15) is 85.9 Å². The van der Waals surface area contributed by atoms with Crippen molar-refractivity contribution >= 4 is 40.7 Å². The van der Waals surface area contributed by atoms with Crippen molar-refractivity contribution in [3.8, 4) is 5.75 Å². The minimum absolute atomic E-state index is 0.0328. The normalized spacial score (nSPS) is 22.3. The molecule has 4 heterocycles. The van der Waals surface area contributed by atoms with Crippen LogP contribution in [0.15, 0.2) is 47.1 Å². The highest BCUT2D eigenvalue weighted by molar-refractivity contribution is 6.15. The van der Waals surface area contributed by atoms with Gasteiger partial charge in [-0.3, -0.25) is 24.2 Å². The number of imide groups is 2. The van der Waals surface area contributed by atoms with E-state index in [0.717, 1.165) is 53.9 Å². The first-order valence-corrected chi connectivity index (χ1v) is 16.5. The summed E-state index contributed by atoms with van der Waals surface area (Å²) >= 11 is 0. The second-order valence-corrected chi connectivity index (χ2v) is 13.0. The summed E-state index contributed by atoms with van der Waals surface area (Å²) in [5.74, 6) is -2.40. The molecule has 1 aromatic carbocycles. The lowest BCUT2D eigenvalue weighted by atomic mass is 9.85. The molecule has 2 aliphatic heterocycles. The average Bonchev–Trinajstić information content (AvgIpc) is 3.74. The Morgan fingerprint density at radius 3 is 2.38 bits per heavy atom. The van der Waals surface area contributed by atoms with Crippen LogP contribution >= 0.6 is 0 Å². The van der Waals surface area contributed by atoms with Gasteiger partial charge in [0.05, 0.1) is 19.6 Å². The van der Waals surface area contributed by atoms with Crippen LogP contribution in [-0.4, -0.2) is 69.8 Å². The van der Waals surface area contributed by atoms with E-state index in [1.807, 2.05) is 0 Å². The molecule has 0 N–H and O–H groups in total. The summed E-state index contributed by atoms with van der Waals surface area (Å²) < 4.78 is 17.2. The van der Waals surface area contributed by atoms with Crippen LogP contribution in [-0.2, 0) is 31.2 Å². The molecule has 3 fully saturated rings. The van der Waals surface area contributed by atoms with E-state index < -0.39 is 42.0 Å². The SMILES string of the molecule is COc1ccc2c(c1)C(=O)N(C[C@]1(c3cc4cnccc4o3)C(=O)N(COC(=O)C3CCCCC3)C(=O)N1C(=O)C1CCCCC1)C2. The number of urea groups is 1. The molecule has 2 saturated carbocycles. The maximum Gasteiger partial charge on any atom is 0.337 e. The average molecular weight is 643 g/mol. The molecule has 1 saturated heterocycles. The number of carbonyl (C=O) groups excluding carboxylic acids is 5. The van der Waals surface area contributed by atoms with Gasteiger partial charge in [-0.15, -0.1) is 0 Å². The van der Waals surface area contributed by atoms with Gasteiger partial charge in [-0.05, 0) is 55.5 Å². The third-order valence-corrected chi connectivity index (χ3v) is 10.2. The van der Waals surface area contributed by atoms with E-state index >= 15 is 0 Å². The van der Waals surface area contributed by atoms with Crippen molar-refractivity contribution in [2.45, 2.75) is 76.3 Å². The van der Waals surface area contributed by atoms with E-state index in [9.17, 15) is 24.0 Å². The standard InChI is InChI=1S/C35H38N4O8/c1-45-26-13-12-24-19-37(31(41)27(24)17-26)20-35(29-16-25-18-36-15-14-28(25)47-29)33(43)38(21-46-32(42)23-10-6-3-7-11-23)34(44)39(35)30(40)22-8-4-2-5-9-22/h12-18,22-23H,2-11,19-21H2,1H3/t35-/m0/s1. The Morgan fingerprint density at radius 1 is 0.957 bits per heavy atom. The van der Waals surface area contributed by atoms with E-state index in [2.05, 4.69) is 4.98 Å².